The maximum absolute atomic E-state index is 11.3. The number of halogens is 1. The van der Waals surface area contributed by atoms with Gasteiger partial charge in [0.15, 0.2) is 0 Å². The Hall–Kier alpha value is -0.380. The van der Waals surface area contributed by atoms with E-state index in [9.17, 15) is 9.59 Å². The molecule has 1 saturated heterocycles. The van der Waals surface area contributed by atoms with Gasteiger partial charge in [0.25, 0.3) is 0 Å². The summed E-state index contributed by atoms with van der Waals surface area (Å²) in [7, 11) is 0. The van der Waals surface area contributed by atoms with Gasteiger partial charge in [-0.1, -0.05) is 22.9 Å². The third-order valence-electron chi connectivity index (χ3n) is 1.98. The summed E-state index contributed by atoms with van der Waals surface area (Å²) < 4.78 is 0. The molecule has 1 atom stereocenters. The number of amides is 2. The van der Waals surface area contributed by atoms with E-state index in [2.05, 4.69) is 15.9 Å². The quantitative estimate of drug-likeness (QED) is 0.543. The maximum Gasteiger partial charge on any atom is 0.232 e. The summed E-state index contributed by atoms with van der Waals surface area (Å²) in [5, 5.41) is 0.832. The number of carbonyl (C=O) groups excluding carboxylic acids is 2. The van der Waals surface area contributed by atoms with Crippen molar-refractivity contribution in [2.24, 2.45) is 5.92 Å². The fraction of sp³-hybridized carbons (Fsp3) is 0.750. The van der Waals surface area contributed by atoms with E-state index in [1.54, 1.807) is 6.92 Å². The van der Waals surface area contributed by atoms with Crippen LogP contribution in [0.3, 0.4) is 0 Å². The Morgan fingerprint density at radius 2 is 2.25 bits per heavy atom. The lowest BCUT2D eigenvalue weighted by Crippen LogP contribution is -2.31. The smallest absolute Gasteiger partial charge is 0.232 e. The number of rotatable bonds is 3. The average molecular weight is 234 g/mol. The topological polar surface area (TPSA) is 37.4 Å². The first-order chi connectivity index (χ1) is 5.66. The minimum absolute atomic E-state index is 0.0130. The van der Waals surface area contributed by atoms with Gasteiger partial charge in [0.05, 0.1) is 0 Å². The average Bonchev–Trinajstić information content (AvgIpc) is 2.25. The molecule has 0 aromatic carbocycles. The maximum atomic E-state index is 11.3. The summed E-state index contributed by atoms with van der Waals surface area (Å²) >= 11 is 3.26. The summed E-state index contributed by atoms with van der Waals surface area (Å²) in [6.45, 7) is 2.36. The van der Waals surface area contributed by atoms with Gasteiger partial charge in [-0.2, -0.15) is 0 Å². The van der Waals surface area contributed by atoms with Gasteiger partial charge in [0, 0.05) is 24.2 Å². The number of alkyl halides is 1. The van der Waals surface area contributed by atoms with Crippen LogP contribution >= 0.6 is 15.9 Å². The van der Waals surface area contributed by atoms with Crippen molar-refractivity contribution >= 4 is 27.7 Å². The molecule has 1 aliphatic heterocycles. The van der Waals surface area contributed by atoms with E-state index < -0.39 is 0 Å². The number of likely N-dealkylation sites (tertiary alicyclic amines) is 1. The van der Waals surface area contributed by atoms with Crippen molar-refractivity contribution in [3.63, 3.8) is 0 Å². The lowest BCUT2D eigenvalue weighted by Gasteiger charge is -2.12. The molecule has 1 aliphatic rings. The highest BCUT2D eigenvalue weighted by atomic mass is 79.9. The molecule has 1 fully saturated rings. The number of carbonyl (C=O) groups is 2. The minimum Gasteiger partial charge on any atom is -0.282 e. The Morgan fingerprint density at radius 3 is 2.67 bits per heavy atom. The van der Waals surface area contributed by atoms with E-state index >= 15 is 0 Å². The van der Waals surface area contributed by atoms with E-state index in [0.717, 1.165) is 11.8 Å². The highest BCUT2D eigenvalue weighted by Gasteiger charge is 2.34. The van der Waals surface area contributed by atoms with Crippen molar-refractivity contribution in [3.8, 4) is 0 Å². The summed E-state index contributed by atoms with van der Waals surface area (Å²) in [6, 6.07) is 0. The van der Waals surface area contributed by atoms with Gasteiger partial charge in [0.1, 0.15) is 0 Å². The zero-order chi connectivity index (χ0) is 9.14. The molecule has 0 spiro atoms. The van der Waals surface area contributed by atoms with Crippen LogP contribution in [0, 0.1) is 5.92 Å². The molecule has 0 aromatic heterocycles. The fourth-order valence-electron chi connectivity index (χ4n) is 1.30. The van der Waals surface area contributed by atoms with Crippen molar-refractivity contribution in [2.45, 2.75) is 19.8 Å². The Kier molecular flexibility index (Phi) is 3.26. The second kappa shape index (κ2) is 4.03. The largest absolute Gasteiger partial charge is 0.282 e. The molecule has 12 heavy (non-hydrogen) atoms. The first-order valence-electron chi connectivity index (χ1n) is 4.07. The molecule has 3 nitrogen and oxygen atoms in total. The van der Waals surface area contributed by atoms with Gasteiger partial charge in [0.2, 0.25) is 11.8 Å². The highest BCUT2D eigenvalue weighted by Crippen LogP contribution is 2.18. The summed E-state index contributed by atoms with van der Waals surface area (Å²) in [4.78, 5) is 23.9. The van der Waals surface area contributed by atoms with Gasteiger partial charge in [-0.3, -0.25) is 14.5 Å². The second-order valence-corrected chi connectivity index (χ2v) is 3.82. The summed E-state index contributed by atoms with van der Waals surface area (Å²) in [5.74, 6) is -0.137. The molecule has 0 aliphatic carbocycles. The van der Waals surface area contributed by atoms with Crippen LogP contribution in [0.2, 0.25) is 0 Å². The number of imide groups is 1. The van der Waals surface area contributed by atoms with Crippen LogP contribution in [0.1, 0.15) is 19.8 Å². The molecular formula is C8H12BrNO2. The van der Waals surface area contributed by atoms with Gasteiger partial charge < -0.3 is 0 Å². The van der Waals surface area contributed by atoms with E-state index in [0.29, 0.717) is 13.0 Å². The zero-order valence-corrected chi connectivity index (χ0v) is 8.63. The molecule has 4 heteroatoms. The summed E-state index contributed by atoms with van der Waals surface area (Å²) in [5.41, 5.74) is 0. The molecule has 0 aromatic rings. The molecule has 68 valence electrons. The Morgan fingerprint density at radius 1 is 1.58 bits per heavy atom. The number of hydrogen-bond donors (Lipinski definition) is 0. The monoisotopic (exact) mass is 233 g/mol. The third kappa shape index (κ3) is 1.86. The molecule has 0 N–H and O–H groups in total. The van der Waals surface area contributed by atoms with E-state index in [-0.39, 0.29) is 17.7 Å². The molecule has 1 unspecified atom stereocenters. The lowest BCUT2D eigenvalue weighted by atomic mass is 10.1. The molecular weight excluding hydrogens is 222 g/mol. The van der Waals surface area contributed by atoms with Crippen molar-refractivity contribution in [2.75, 3.05) is 11.9 Å². The number of hydrogen-bond acceptors (Lipinski definition) is 2. The molecule has 1 rings (SSSR count). The van der Waals surface area contributed by atoms with Crippen LogP contribution in [-0.4, -0.2) is 28.6 Å². The Bertz CT molecular complexity index is 205. The highest BCUT2D eigenvalue weighted by molar-refractivity contribution is 9.09. The second-order valence-electron chi connectivity index (χ2n) is 3.03. The Labute approximate surface area is 80.2 Å². The fourth-order valence-corrected chi connectivity index (χ4v) is 1.55. The molecule has 0 saturated carbocycles. The van der Waals surface area contributed by atoms with Crippen LogP contribution in [-0.2, 0) is 9.59 Å². The van der Waals surface area contributed by atoms with Gasteiger partial charge in [-0.05, 0) is 6.42 Å². The van der Waals surface area contributed by atoms with Crippen molar-refractivity contribution in [1.82, 2.24) is 4.90 Å². The van der Waals surface area contributed by atoms with Crippen molar-refractivity contribution in [1.29, 1.82) is 0 Å². The standard InChI is InChI=1S/C8H12BrNO2/c1-6-5-7(11)10(8(6)12)4-2-3-9/h6H,2-5H2,1H3. The summed E-state index contributed by atoms with van der Waals surface area (Å²) in [6.07, 6.45) is 1.23. The zero-order valence-electron chi connectivity index (χ0n) is 7.05. The molecule has 0 radical (unpaired) electrons. The first-order valence-corrected chi connectivity index (χ1v) is 5.19. The SMILES string of the molecule is CC1CC(=O)N(CCCBr)C1=O. The van der Waals surface area contributed by atoms with Gasteiger partial charge in [-0.15, -0.1) is 0 Å². The predicted molar refractivity (Wildman–Crippen MR) is 48.9 cm³/mol. The van der Waals surface area contributed by atoms with E-state index in [1.165, 1.54) is 4.90 Å². The van der Waals surface area contributed by atoms with E-state index in [4.69, 9.17) is 0 Å². The van der Waals surface area contributed by atoms with Gasteiger partial charge >= 0.3 is 0 Å². The van der Waals surface area contributed by atoms with Crippen LogP contribution < -0.4 is 0 Å². The van der Waals surface area contributed by atoms with E-state index in [1.807, 2.05) is 0 Å². The normalized spacial score (nSPS) is 23.8. The molecule has 0 bridgehead atoms. The first kappa shape index (κ1) is 9.71. The lowest BCUT2D eigenvalue weighted by molar-refractivity contribution is -0.139. The Balaban J connectivity index is 2.52. The van der Waals surface area contributed by atoms with Crippen molar-refractivity contribution < 1.29 is 9.59 Å². The third-order valence-corrected chi connectivity index (χ3v) is 2.55. The molecule has 1 heterocycles. The van der Waals surface area contributed by atoms with Crippen LogP contribution in [0.15, 0.2) is 0 Å². The van der Waals surface area contributed by atoms with Gasteiger partial charge in [-0.25, -0.2) is 0 Å². The minimum atomic E-state index is -0.104. The number of nitrogens with zero attached hydrogens (tertiary/aromatic N) is 1. The molecule has 2 amide bonds. The predicted octanol–water partition coefficient (Wildman–Crippen LogP) is 1.17. The van der Waals surface area contributed by atoms with Crippen LogP contribution in [0.4, 0.5) is 0 Å². The van der Waals surface area contributed by atoms with Crippen LogP contribution in [0.5, 0.6) is 0 Å². The van der Waals surface area contributed by atoms with Crippen molar-refractivity contribution in [3.05, 3.63) is 0 Å². The van der Waals surface area contributed by atoms with Crippen LogP contribution in [0.25, 0.3) is 0 Å².